The zero-order valence-corrected chi connectivity index (χ0v) is 41.0. The second kappa shape index (κ2) is 25.1. The van der Waals surface area contributed by atoms with Crippen molar-refractivity contribution < 1.29 is 26.2 Å². The van der Waals surface area contributed by atoms with Gasteiger partial charge in [-0.25, -0.2) is 11.8 Å². The monoisotopic (exact) mass is 856 g/mol. The summed E-state index contributed by atoms with van der Waals surface area (Å²) >= 11 is 0. The summed E-state index contributed by atoms with van der Waals surface area (Å²) < 4.78 is 0. The minimum absolute atomic E-state index is 0. The number of benzene rings is 4. The van der Waals surface area contributed by atoms with Crippen molar-refractivity contribution in [2.75, 3.05) is 26.2 Å². The standard InChI is InChI=1S/2C23H33N2P.2CH3.Zr/c2*1-22(2,3)17-24-21(25-18-23(4,5)6)26(19-13-9-7-10-14-19)20-15-11-8-12-16-20;;;/h2*7-16,21H,17-18H2,1-6H3;2*1H3;/q2*-2;2*-1;. The fourth-order valence-corrected chi connectivity index (χ4v) is 9.67. The Balaban J connectivity index is 0.00000101. The third-order valence-corrected chi connectivity index (χ3v) is 12.5. The van der Waals surface area contributed by atoms with Crippen LogP contribution in [0.25, 0.3) is 21.3 Å². The maximum Gasteiger partial charge on any atom is 0 e. The van der Waals surface area contributed by atoms with E-state index in [9.17, 15) is 0 Å². The molecule has 0 fully saturated rings. The third kappa shape index (κ3) is 21.7. The van der Waals surface area contributed by atoms with E-state index in [4.69, 9.17) is 21.3 Å². The molecule has 0 unspecified atom stereocenters. The zero-order valence-electron chi connectivity index (χ0n) is 36.7. The first-order valence-electron chi connectivity index (χ1n) is 18.8. The van der Waals surface area contributed by atoms with E-state index in [1.165, 1.54) is 21.2 Å². The number of hydrogen-bond donors (Lipinski definition) is 0. The Morgan fingerprint density at radius 1 is 0.345 bits per heavy atom. The van der Waals surface area contributed by atoms with Crippen molar-refractivity contribution >= 4 is 37.1 Å². The van der Waals surface area contributed by atoms with Crippen molar-refractivity contribution in [3.05, 3.63) is 157 Å². The molecule has 0 radical (unpaired) electrons. The van der Waals surface area contributed by atoms with Crippen LogP contribution in [0.15, 0.2) is 121 Å². The van der Waals surface area contributed by atoms with E-state index in [1.54, 1.807) is 0 Å². The van der Waals surface area contributed by atoms with Crippen molar-refractivity contribution in [1.82, 2.24) is 0 Å². The van der Waals surface area contributed by atoms with Crippen molar-refractivity contribution in [3.63, 3.8) is 0 Å². The number of nitrogens with zero attached hydrogens (tertiary/aromatic N) is 4. The summed E-state index contributed by atoms with van der Waals surface area (Å²) in [6.07, 6.45) is 0. The first-order chi connectivity index (χ1) is 24.3. The van der Waals surface area contributed by atoms with Crippen LogP contribution in [0.2, 0.25) is 0 Å². The predicted molar refractivity (Wildman–Crippen MR) is 249 cm³/mol. The van der Waals surface area contributed by atoms with Gasteiger partial charge in [-0.1, -0.05) is 242 Å². The molecule has 0 spiro atoms. The van der Waals surface area contributed by atoms with E-state index in [2.05, 4.69) is 204 Å². The summed E-state index contributed by atoms with van der Waals surface area (Å²) in [6, 6.07) is 43.1. The van der Waals surface area contributed by atoms with Gasteiger partial charge in [0.2, 0.25) is 0 Å². The average molecular weight is 858 g/mol. The molecule has 0 saturated heterocycles. The summed E-state index contributed by atoms with van der Waals surface area (Å²) in [5, 5.41) is 25.8. The predicted octanol–water partition coefficient (Wildman–Crippen LogP) is 13.4. The van der Waals surface area contributed by atoms with Gasteiger partial charge >= 0.3 is 0 Å². The molecule has 0 aliphatic heterocycles. The van der Waals surface area contributed by atoms with E-state index in [0.717, 1.165) is 26.2 Å². The Morgan fingerprint density at radius 2 is 0.509 bits per heavy atom. The van der Waals surface area contributed by atoms with E-state index in [-0.39, 0.29) is 74.5 Å². The molecule has 0 aliphatic carbocycles. The van der Waals surface area contributed by atoms with Crippen LogP contribution in [0.1, 0.15) is 83.1 Å². The van der Waals surface area contributed by atoms with Gasteiger partial charge in [-0.15, -0.1) is 26.2 Å². The molecule has 0 bridgehead atoms. The molecule has 0 saturated carbocycles. The molecule has 7 heteroatoms. The van der Waals surface area contributed by atoms with Gasteiger partial charge in [0.25, 0.3) is 0 Å². The molecule has 55 heavy (non-hydrogen) atoms. The quantitative estimate of drug-likeness (QED) is 0.0896. The van der Waals surface area contributed by atoms with E-state index < -0.39 is 15.8 Å². The molecule has 4 rings (SSSR count). The van der Waals surface area contributed by atoms with E-state index >= 15 is 0 Å². The Labute approximate surface area is 361 Å². The van der Waals surface area contributed by atoms with Gasteiger partial charge in [0, 0.05) is 26.2 Å². The van der Waals surface area contributed by atoms with Crippen LogP contribution in [0.5, 0.6) is 0 Å². The van der Waals surface area contributed by atoms with Gasteiger partial charge in [-0.3, -0.25) is 0 Å². The summed E-state index contributed by atoms with van der Waals surface area (Å²) in [5.74, 6) is -0.0125. The Bertz CT molecular complexity index is 1290. The Morgan fingerprint density at radius 3 is 0.655 bits per heavy atom. The smallest absolute Gasteiger partial charge is 0 e. The van der Waals surface area contributed by atoms with Crippen molar-refractivity contribution in [2.24, 2.45) is 21.7 Å². The Kier molecular flexibility index (Phi) is 24.4. The summed E-state index contributed by atoms with van der Waals surface area (Å²) in [4.78, 5) is 0. The first-order valence-corrected chi connectivity index (χ1v) is 21.6. The molecular weight excluding hydrogens is 786 g/mol. The average Bonchev–Trinajstić information content (AvgIpc) is 3.07. The third-order valence-electron chi connectivity index (χ3n) is 7.52. The van der Waals surface area contributed by atoms with Crippen LogP contribution in [-0.2, 0) is 26.2 Å². The topological polar surface area (TPSA) is 56.4 Å². The molecule has 0 heterocycles. The van der Waals surface area contributed by atoms with Crippen molar-refractivity contribution in [3.8, 4) is 0 Å². The Hall–Kier alpha value is -1.54. The summed E-state index contributed by atoms with van der Waals surface area (Å²) in [7, 11) is -1.31. The fraction of sp³-hybridized carbons (Fsp3) is 0.458. The van der Waals surface area contributed by atoms with Crippen LogP contribution in [0.4, 0.5) is 0 Å². The SMILES string of the molecule is CC(C)(C)C[N-]C([N-]CC(C)(C)C)P(c1ccccc1)c1ccccc1.CC(C)(C)C[N-]C([N-]CC(C)(C)C)P(c1ccccc1)c1ccccc1.[CH3-].[CH3-].[Zr]. The van der Waals surface area contributed by atoms with E-state index in [1.807, 2.05) is 0 Å². The molecule has 304 valence electrons. The van der Waals surface area contributed by atoms with Gasteiger partial charge in [0.1, 0.15) is 0 Å². The van der Waals surface area contributed by atoms with Gasteiger partial charge in [0.15, 0.2) is 0 Å². The first kappa shape index (κ1) is 53.5. The molecule has 0 atom stereocenters. The minimum atomic E-state index is -0.654. The van der Waals surface area contributed by atoms with Crippen LogP contribution in [-0.4, -0.2) is 38.0 Å². The van der Waals surface area contributed by atoms with Crippen molar-refractivity contribution in [2.45, 2.75) is 94.9 Å². The molecule has 4 nitrogen and oxygen atoms in total. The molecular formula is C48H72N4P2Zr-6. The second-order valence-corrected chi connectivity index (χ2v) is 22.8. The largest absolute Gasteiger partial charge is 0.673 e. The molecule has 0 aliphatic rings. The van der Waals surface area contributed by atoms with Gasteiger partial charge in [0.05, 0.1) is 0 Å². The number of rotatable bonds is 14. The van der Waals surface area contributed by atoms with Crippen LogP contribution in [0.3, 0.4) is 0 Å². The molecule has 4 aromatic rings. The van der Waals surface area contributed by atoms with Gasteiger partial charge in [-0.2, -0.15) is 0 Å². The maximum atomic E-state index is 5.11. The van der Waals surface area contributed by atoms with E-state index in [0.29, 0.717) is 0 Å². The summed E-state index contributed by atoms with van der Waals surface area (Å²) in [5.41, 5.74) is 0.682. The maximum absolute atomic E-state index is 5.11. The minimum Gasteiger partial charge on any atom is -0.673 e. The molecule has 0 N–H and O–H groups in total. The second-order valence-electron chi connectivity index (χ2n) is 18.4. The zero-order chi connectivity index (χ0) is 38.4. The molecule has 0 amide bonds. The van der Waals surface area contributed by atoms with Crippen LogP contribution in [0, 0.1) is 36.5 Å². The van der Waals surface area contributed by atoms with Crippen LogP contribution < -0.4 is 21.2 Å². The fourth-order valence-electron chi connectivity index (χ4n) is 5.05. The van der Waals surface area contributed by atoms with Crippen LogP contribution >= 0.6 is 15.8 Å². The molecule has 4 aromatic carbocycles. The summed E-state index contributed by atoms with van der Waals surface area (Å²) in [6.45, 7) is 30.2. The van der Waals surface area contributed by atoms with Crippen molar-refractivity contribution in [1.29, 1.82) is 0 Å². The number of hydrogen-bond acceptors (Lipinski definition) is 0. The normalized spacial score (nSPS) is 12.1. The van der Waals surface area contributed by atoms with Gasteiger partial charge in [-0.05, 0) is 21.2 Å². The van der Waals surface area contributed by atoms with Gasteiger partial charge < -0.3 is 36.1 Å². The molecule has 0 aromatic heterocycles.